The number of alkyl halides is 3. The molecule has 1 unspecified atom stereocenters. The van der Waals surface area contributed by atoms with Crippen molar-refractivity contribution in [1.82, 2.24) is 44.4 Å². The summed E-state index contributed by atoms with van der Waals surface area (Å²) in [5, 5.41) is 19.4. The molecule has 2 N–H and O–H groups in total. The lowest BCUT2D eigenvalue weighted by molar-refractivity contribution is -0.134. The molecular formula is C48H54F3N11O4. The summed E-state index contributed by atoms with van der Waals surface area (Å²) in [6, 6.07) is 7.81. The fourth-order valence-corrected chi connectivity index (χ4v) is 10.6. The predicted octanol–water partition coefficient (Wildman–Crippen LogP) is 6.77. The van der Waals surface area contributed by atoms with Gasteiger partial charge in [-0.1, -0.05) is 36.8 Å². The smallest absolute Gasteiger partial charge is 0.284 e. The summed E-state index contributed by atoms with van der Waals surface area (Å²) >= 11 is 0. The van der Waals surface area contributed by atoms with Crippen LogP contribution in [0.25, 0.3) is 16.6 Å². The zero-order valence-electron chi connectivity index (χ0n) is 36.8. The minimum absolute atomic E-state index is 0.0256. The summed E-state index contributed by atoms with van der Waals surface area (Å²) in [7, 11) is 0. The summed E-state index contributed by atoms with van der Waals surface area (Å²) in [4.78, 5) is 47.2. The van der Waals surface area contributed by atoms with Crippen LogP contribution in [0.4, 0.5) is 24.7 Å². The Kier molecular flexibility index (Phi) is 11.5. The molecule has 3 amide bonds. The van der Waals surface area contributed by atoms with Gasteiger partial charge >= 0.3 is 0 Å². The van der Waals surface area contributed by atoms with Crippen molar-refractivity contribution in [2.24, 2.45) is 17.8 Å². The van der Waals surface area contributed by atoms with Crippen molar-refractivity contribution in [3.63, 3.8) is 0 Å². The molecule has 3 atom stereocenters. The molecule has 6 aliphatic rings. The number of ether oxygens (including phenoxy) is 1. The molecule has 3 saturated heterocycles. The third-order valence-corrected chi connectivity index (χ3v) is 14.5. The van der Waals surface area contributed by atoms with Crippen molar-refractivity contribution >= 4 is 45.8 Å². The number of benzene rings is 1. The van der Waals surface area contributed by atoms with Crippen LogP contribution in [0.1, 0.15) is 129 Å². The molecule has 0 spiro atoms. The van der Waals surface area contributed by atoms with Gasteiger partial charge in [-0.15, -0.1) is 0 Å². The van der Waals surface area contributed by atoms with Crippen molar-refractivity contribution in [1.29, 1.82) is 0 Å². The average Bonchev–Trinajstić information content (AvgIpc) is 4.19. The van der Waals surface area contributed by atoms with Crippen LogP contribution in [0.15, 0.2) is 42.9 Å². The highest BCUT2D eigenvalue weighted by molar-refractivity contribution is 6.08. The molecule has 18 heteroatoms. The van der Waals surface area contributed by atoms with Gasteiger partial charge in [-0.05, 0) is 87.7 Å². The number of likely N-dealkylation sites (tertiary alicyclic amines) is 1. The van der Waals surface area contributed by atoms with E-state index in [2.05, 4.69) is 42.5 Å². The van der Waals surface area contributed by atoms with Crippen LogP contribution in [0.2, 0.25) is 0 Å². The van der Waals surface area contributed by atoms with Crippen molar-refractivity contribution in [2.45, 2.75) is 114 Å². The molecular weight excluding hydrogens is 852 g/mol. The number of nitrogens with one attached hydrogen (secondary N) is 2. The first-order chi connectivity index (χ1) is 32.1. The summed E-state index contributed by atoms with van der Waals surface area (Å²) < 4.78 is 55.3. The van der Waals surface area contributed by atoms with Gasteiger partial charge in [0.25, 0.3) is 12.3 Å². The van der Waals surface area contributed by atoms with Gasteiger partial charge in [0.2, 0.25) is 11.8 Å². The molecule has 3 aliphatic heterocycles. The van der Waals surface area contributed by atoms with Crippen LogP contribution in [0.3, 0.4) is 0 Å². The van der Waals surface area contributed by atoms with Crippen molar-refractivity contribution < 1.29 is 32.3 Å². The van der Waals surface area contributed by atoms with Gasteiger partial charge in [0.1, 0.15) is 24.2 Å². The number of halogens is 3. The number of piperidine rings is 2. The molecule has 0 radical (unpaired) electrons. The number of hydrogen-bond donors (Lipinski definition) is 2. The zero-order valence-corrected chi connectivity index (χ0v) is 36.8. The number of carbonyl (C=O) groups excluding carboxylic acids is 3. The van der Waals surface area contributed by atoms with Gasteiger partial charge in [0, 0.05) is 56.9 Å². The number of imide groups is 1. The van der Waals surface area contributed by atoms with Crippen LogP contribution in [0, 0.1) is 29.6 Å². The molecule has 7 heterocycles. The van der Waals surface area contributed by atoms with Crippen LogP contribution in [-0.4, -0.2) is 108 Å². The second-order valence-electron chi connectivity index (χ2n) is 19.4. The van der Waals surface area contributed by atoms with Crippen molar-refractivity contribution in [2.75, 3.05) is 49.5 Å². The first kappa shape index (κ1) is 42.8. The van der Waals surface area contributed by atoms with E-state index in [1.807, 2.05) is 28.9 Å². The minimum atomic E-state index is -2.88. The number of rotatable bonds is 13. The Balaban J connectivity index is 0.661. The Morgan fingerprint density at radius 2 is 1.74 bits per heavy atom. The number of hydrogen-bond acceptors (Lipinski definition) is 10. The van der Waals surface area contributed by atoms with E-state index in [0.29, 0.717) is 42.6 Å². The molecule has 346 valence electrons. The molecule has 1 aromatic carbocycles. The van der Waals surface area contributed by atoms with Gasteiger partial charge in [-0.25, -0.2) is 22.7 Å². The number of carbonyl (C=O) groups is 3. The standard InChI is InChI=1S/C48H54F3N11O4/c49-37-26-58(18-16-39(37)66-20-2-4-31-3-1-5-34-42(35-14-15-41(63)55-47(35)64)57-62(44(31)34)33-12-13-33)23-29-8-10-32(11-9-29)61-27-38(43(56-61)45(50)51)53-48(65)36-22-52-60-19-17-40(54-46(36)60)59-24-30(25-59)21-28-6-7-28/h1,3,5,17,19,22,27-30,32-33,35,37,39,45H,6-16,18,20-21,23-26H2,(H,53,65)(H,55,63,64)/t29?,32?,35?,37-,39+/m1/s1. The van der Waals surface area contributed by atoms with E-state index in [1.165, 1.54) is 36.2 Å². The third-order valence-electron chi connectivity index (χ3n) is 14.5. The molecule has 3 saturated carbocycles. The maximum Gasteiger partial charge on any atom is 0.284 e. The summed E-state index contributed by atoms with van der Waals surface area (Å²) in [6.45, 7) is 3.66. The van der Waals surface area contributed by atoms with E-state index in [-0.39, 0.29) is 54.7 Å². The number of nitrogens with zero attached hydrogens (tertiary/aromatic N) is 9. The summed E-state index contributed by atoms with van der Waals surface area (Å²) in [6.07, 6.45) is 10.4. The number of para-hydroxylation sites is 1. The van der Waals surface area contributed by atoms with Gasteiger partial charge in [0.05, 0.1) is 52.8 Å². The van der Waals surface area contributed by atoms with Crippen LogP contribution in [0.5, 0.6) is 0 Å². The predicted molar refractivity (Wildman–Crippen MR) is 238 cm³/mol. The minimum Gasteiger partial charge on any atom is -0.362 e. The molecule has 3 aliphatic carbocycles. The first-order valence-corrected chi connectivity index (χ1v) is 23.7. The first-order valence-electron chi connectivity index (χ1n) is 23.7. The van der Waals surface area contributed by atoms with Crippen LogP contribution < -0.4 is 15.5 Å². The number of fused-ring (bicyclic) bond motifs is 2. The highest BCUT2D eigenvalue weighted by Crippen LogP contribution is 2.42. The molecule has 66 heavy (non-hydrogen) atoms. The van der Waals surface area contributed by atoms with E-state index in [0.717, 1.165) is 86.4 Å². The fourth-order valence-electron chi connectivity index (χ4n) is 10.6. The zero-order chi connectivity index (χ0) is 45.1. The van der Waals surface area contributed by atoms with E-state index < -0.39 is 36.2 Å². The maximum absolute atomic E-state index is 15.6. The van der Waals surface area contributed by atoms with Gasteiger partial charge < -0.3 is 15.0 Å². The van der Waals surface area contributed by atoms with Crippen molar-refractivity contribution in [3.05, 3.63) is 65.4 Å². The molecule has 11 rings (SSSR count). The lowest BCUT2D eigenvalue weighted by atomic mass is 9.85. The quantitative estimate of drug-likeness (QED) is 0.0956. The molecule has 15 nitrogen and oxygen atoms in total. The van der Waals surface area contributed by atoms with E-state index in [4.69, 9.17) is 14.8 Å². The SMILES string of the molecule is O=C1CCC(c2nn(C3CC3)c3c(C#CCO[C@H]4CCN(CC5CCC(n6cc(NC(=O)c7cnn8ccc(N9CC(CC%10CC%10)C9)nc78)c(C(F)F)n6)CC5)C[C@H]4F)cccc23)C(=O)N1. The third kappa shape index (κ3) is 8.79. The molecule has 6 fully saturated rings. The molecule has 0 bridgehead atoms. The highest BCUT2D eigenvalue weighted by Gasteiger charge is 2.37. The van der Waals surface area contributed by atoms with Gasteiger partial charge in [-0.3, -0.25) is 34.0 Å². The van der Waals surface area contributed by atoms with Crippen LogP contribution in [-0.2, 0) is 14.3 Å². The lowest BCUT2D eigenvalue weighted by Crippen LogP contribution is -2.47. The number of amides is 3. The Hall–Kier alpha value is -5.80. The molecule has 5 aromatic rings. The number of anilines is 2. The normalized spacial score (nSPS) is 25.3. The Bertz CT molecular complexity index is 2720. The number of aromatic nitrogens is 7. The monoisotopic (exact) mass is 905 g/mol. The average molecular weight is 906 g/mol. The fraction of sp³-hybridized carbons (Fsp3) is 0.562. The summed E-state index contributed by atoms with van der Waals surface area (Å²) in [5.74, 6) is 7.32. The van der Waals surface area contributed by atoms with Gasteiger partial charge in [0.15, 0.2) is 11.3 Å². The van der Waals surface area contributed by atoms with Crippen molar-refractivity contribution in [3.8, 4) is 11.8 Å². The Labute approximate surface area is 379 Å². The Morgan fingerprint density at radius 3 is 2.50 bits per heavy atom. The topological polar surface area (TPSA) is 157 Å². The second-order valence-corrected chi connectivity index (χ2v) is 19.4. The van der Waals surface area contributed by atoms with Crippen LogP contribution >= 0.6 is 0 Å². The largest absolute Gasteiger partial charge is 0.362 e. The summed E-state index contributed by atoms with van der Waals surface area (Å²) in [5.41, 5.74) is 2.39. The van der Waals surface area contributed by atoms with E-state index in [1.54, 1.807) is 10.9 Å². The molecule has 4 aromatic heterocycles. The van der Waals surface area contributed by atoms with Gasteiger partial charge in [-0.2, -0.15) is 15.3 Å². The Morgan fingerprint density at radius 1 is 0.939 bits per heavy atom. The van der Waals surface area contributed by atoms with E-state index in [9.17, 15) is 23.2 Å². The highest BCUT2D eigenvalue weighted by atomic mass is 19.3. The second kappa shape index (κ2) is 17.8. The maximum atomic E-state index is 15.6. The lowest BCUT2D eigenvalue weighted by Gasteiger charge is -2.40. The van der Waals surface area contributed by atoms with E-state index >= 15 is 4.39 Å².